The van der Waals surface area contributed by atoms with Crippen molar-refractivity contribution < 1.29 is 14.6 Å². The van der Waals surface area contributed by atoms with Crippen LogP contribution in [0.4, 0.5) is 0 Å². The molecule has 1 aromatic carbocycles. The van der Waals surface area contributed by atoms with Gasteiger partial charge in [-0.1, -0.05) is 5.92 Å². The quantitative estimate of drug-likeness (QED) is 0.789. The highest BCUT2D eigenvalue weighted by Gasteiger charge is 2.43. The van der Waals surface area contributed by atoms with E-state index in [9.17, 15) is 5.11 Å². The molecule has 0 bridgehead atoms. The fourth-order valence-corrected chi connectivity index (χ4v) is 1.81. The number of methoxy groups -OCH3 is 2. The molecule has 2 rings (SSSR count). The molecule has 0 spiro atoms. The molecule has 1 fully saturated rings. The summed E-state index contributed by atoms with van der Waals surface area (Å²) in [6, 6.07) is 3.56. The monoisotopic (exact) mass is 218 g/mol. The number of hydrogen-bond donors (Lipinski definition) is 1. The molecular weight excluding hydrogens is 204 g/mol. The second kappa shape index (κ2) is 3.64. The topological polar surface area (TPSA) is 38.7 Å². The van der Waals surface area contributed by atoms with Crippen molar-refractivity contribution in [2.75, 3.05) is 14.2 Å². The summed E-state index contributed by atoms with van der Waals surface area (Å²) < 4.78 is 10.2. The van der Waals surface area contributed by atoms with Gasteiger partial charge in [0.2, 0.25) is 5.75 Å². The van der Waals surface area contributed by atoms with Crippen molar-refractivity contribution in [3.63, 3.8) is 0 Å². The van der Waals surface area contributed by atoms with Crippen molar-refractivity contribution in [3.05, 3.63) is 17.7 Å². The van der Waals surface area contributed by atoms with E-state index in [2.05, 4.69) is 5.92 Å². The Kier molecular flexibility index (Phi) is 2.43. The number of rotatable bonds is 3. The van der Waals surface area contributed by atoms with Crippen LogP contribution < -0.4 is 9.47 Å². The van der Waals surface area contributed by atoms with Crippen LogP contribution in [0.3, 0.4) is 0 Å². The Balaban J connectivity index is 2.53. The lowest BCUT2D eigenvalue weighted by molar-refractivity contribution is 0.339. The van der Waals surface area contributed by atoms with Crippen LogP contribution in [0.2, 0.25) is 0 Å². The highest BCUT2D eigenvalue weighted by atomic mass is 16.5. The van der Waals surface area contributed by atoms with Gasteiger partial charge < -0.3 is 14.6 Å². The third-order valence-corrected chi connectivity index (χ3v) is 3.06. The summed E-state index contributed by atoms with van der Waals surface area (Å²) in [6.07, 6.45) is 7.47. The molecule has 1 saturated carbocycles. The van der Waals surface area contributed by atoms with Gasteiger partial charge in [-0.2, -0.15) is 0 Å². The van der Waals surface area contributed by atoms with Gasteiger partial charge in [0.25, 0.3) is 0 Å². The van der Waals surface area contributed by atoms with Gasteiger partial charge in [-0.05, 0) is 30.5 Å². The van der Waals surface area contributed by atoms with Crippen LogP contribution in [0.15, 0.2) is 12.1 Å². The van der Waals surface area contributed by atoms with Gasteiger partial charge in [-0.3, -0.25) is 0 Å². The molecule has 3 heteroatoms. The van der Waals surface area contributed by atoms with Gasteiger partial charge in [-0.25, -0.2) is 0 Å². The molecule has 0 aliphatic heterocycles. The summed E-state index contributed by atoms with van der Waals surface area (Å²) in [7, 11) is 3.02. The third-order valence-electron chi connectivity index (χ3n) is 3.06. The van der Waals surface area contributed by atoms with Gasteiger partial charge in [0, 0.05) is 0 Å². The molecule has 0 aromatic heterocycles. The first-order valence-corrected chi connectivity index (χ1v) is 5.10. The Morgan fingerprint density at radius 3 is 2.06 bits per heavy atom. The molecule has 1 aliphatic carbocycles. The summed E-state index contributed by atoms with van der Waals surface area (Å²) in [5.41, 5.74) is 0.787. The van der Waals surface area contributed by atoms with Crippen molar-refractivity contribution in [1.82, 2.24) is 0 Å². The Bertz CT molecular complexity index is 428. The van der Waals surface area contributed by atoms with E-state index in [0.29, 0.717) is 11.5 Å². The van der Waals surface area contributed by atoms with Crippen LogP contribution in [0.5, 0.6) is 17.2 Å². The average Bonchev–Trinajstić information content (AvgIpc) is 3.10. The Morgan fingerprint density at radius 1 is 1.25 bits per heavy atom. The smallest absolute Gasteiger partial charge is 0.200 e. The average molecular weight is 218 g/mol. The van der Waals surface area contributed by atoms with E-state index in [1.165, 1.54) is 14.2 Å². The van der Waals surface area contributed by atoms with Crippen molar-refractivity contribution in [3.8, 4) is 29.6 Å². The normalized spacial score (nSPS) is 16.3. The van der Waals surface area contributed by atoms with Crippen LogP contribution >= 0.6 is 0 Å². The maximum atomic E-state index is 9.77. The highest BCUT2D eigenvalue weighted by Crippen LogP contribution is 2.51. The number of phenols is 1. The number of terminal acetylenes is 1. The molecule has 3 nitrogen and oxygen atoms in total. The summed E-state index contributed by atoms with van der Waals surface area (Å²) in [4.78, 5) is 0. The minimum absolute atomic E-state index is 0.0153. The zero-order valence-electron chi connectivity index (χ0n) is 9.41. The molecule has 84 valence electrons. The van der Waals surface area contributed by atoms with Crippen LogP contribution in [0.1, 0.15) is 18.4 Å². The van der Waals surface area contributed by atoms with E-state index in [1.54, 1.807) is 12.1 Å². The van der Waals surface area contributed by atoms with E-state index in [1.807, 2.05) is 0 Å². The fraction of sp³-hybridized carbons (Fsp3) is 0.385. The van der Waals surface area contributed by atoms with Crippen molar-refractivity contribution in [2.45, 2.75) is 18.3 Å². The van der Waals surface area contributed by atoms with Gasteiger partial charge >= 0.3 is 0 Å². The number of phenolic OH excluding ortho intramolecular Hbond substituents is 1. The van der Waals surface area contributed by atoms with Crippen LogP contribution in [0, 0.1) is 12.3 Å². The van der Waals surface area contributed by atoms with Crippen molar-refractivity contribution in [2.24, 2.45) is 0 Å². The predicted molar refractivity (Wildman–Crippen MR) is 61.0 cm³/mol. The van der Waals surface area contributed by atoms with Gasteiger partial charge in [0.1, 0.15) is 0 Å². The molecule has 1 aromatic rings. The predicted octanol–water partition coefficient (Wildman–Crippen LogP) is 2.07. The first kappa shape index (κ1) is 10.7. The number of aromatic hydroxyl groups is 1. The van der Waals surface area contributed by atoms with E-state index >= 15 is 0 Å². The number of ether oxygens (including phenoxy) is 2. The molecule has 0 saturated heterocycles. The van der Waals surface area contributed by atoms with Crippen LogP contribution in [-0.4, -0.2) is 19.3 Å². The largest absolute Gasteiger partial charge is 0.502 e. The summed E-state index contributed by atoms with van der Waals surface area (Å²) >= 11 is 0. The van der Waals surface area contributed by atoms with Crippen LogP contribution in [0.25, 0.3) is 0 Å². The van der Waals surface area contributed by atoms with E-state index in [-0.39, 0.29) is 11.2 Å². The lowest BCUT2D eigenvalue weighted by atomic mass is 9.96. The number of benzene rings is 1. The Morgan fingerprint density at radius 2 is 1.75 bits per heavy atom. The third kappa shape index (κ3) is 1.47. The molecular formula is C13H14O3. The number of hydrogen-bond acceptors (Lipinski definition) is 3. The lowest BCUT2D eigenvalue weighted by Crippen LogP contribution is -2.03. The first-order chi connectivity index (χ1) is 7.66. The SMILES string of the molecule is C#CC1(c2cc(OC)c(O)c(OC)c2)CC1. The maximum Gasteiger partial charge on any atom is 0.200 e. The van der Waals surface area contributed by atoms with Crippen LogP contribution in [-0.2, 0) is 5.41 Å². The molecule has 16 heavy (non-hydrogen) atoms. The summed E-state index contributed by atoms with van der Waals surface area (Å²) in [6.45, 7) is 0. The second-order valence-corrected chi connectivity index (χ2v) is 3.96. The molecule has 0 amide bonds. The second-order valence-electron chi connectivity index (χ2n) is 3.96. The Hall–Kier alpha value is -1.82. The lowest BCUT2D eigenvalue weighted by Gasteiger charge is -2.14. The van der Waals surface area contributed by atoms with Gasteiger partial charge in [-0.15, -0.1) is 6.42 Å². The first-order valence-electron chi connectivity index (χ1n) is 5.10. The van der Waals surface area contributed by atoms with Gasteiger partial charge in [0.15, 0.2) is 11.5 Å². The minimum Gasteiger partial charge on any atom is -0.502 e. The molecule has 0 radical (unpaired) electrons. The van der Waals surface area contributed by atoms with E-state index in [4.69, 9.17) is 15.9 Å². The molecule has 1 aliphatic rings. The standard InChI is InChI=1S/C13H14O3/c1-4-13(5-6-13)9-7-10(15-2)12(14)11(8-9)16-3/h1,7-8,14H,5-6H2,2-3H3. The zero-order chi connectivity index (χ0) is 11.8. The Labute approximate surface area is 95.0 Å². The molecule has 0 unspecified atom stereocenters. The molecule has 1 N–H and O–H groups in total. The van der Waals surface area contributed by atoms with E-state index < -0.39 is 0 Å². The zero-order valence-corrected chi connectivity index (χ0v) is 9.41. The molecule has 0 atom stereocenters. The maximum absolute atomic E-state index is 9.77. The van der Waals surface area contributed by atoms with E-state index in [0.717, 1.165) is 18.4 Å². The minimum atomic E-state index is -0.186. The molecule has 0 heterocycles. The van der Waals surface area contributed by atoms with Crippen molar-refractivity contribution >= 4 is 0 Å². The summed E-state index contributed by atoms with van der Waals surface area (Å²) in [5, 5.41) is 9.77. The van der Waals surface area contributed by atoms with Crippen molar-refractivity contribution in [1.29, 1.82) is 0 Å². The van der Waals surface area contributed by atoms with Gasteiger partial charge in [0.05, 0.1) is 19.6 Å². The summed E-state index contributed by atoms with van der Waals surface area (Å²) in [5.74, 6) is 3.61. The fourth-order valence-electron chi connectivity index (χ4n) is 1.81. The highest BCUT2D eigenvalue weighted by molar-refractivity contribution is 5.57.